The summed E-state index contributed by atoms with van der Waals surface area (Å²) in [4.78, 5) is 11.1. The van der Waals surface area contributed by atoms with Crippen LogP contribution in [-0.2, 0) is 4.79 Å². The van der Waals surface area contributed by atoms with Crippen molar-refractivity contribution in [2.45, 2.75) is 19.9 Å². The van der Waals surface area contributed by atoms with E-state index in [2.05, 4.69) is 0 Å². The fourth-order valence-corrected chi connectivity index (χ4v) is 1.97. The zero-order valence-corrected chi connectivity index (χ0v) is 10.4. The molecular weight excluding hydrogens is 245 g/mol. The molecular formula is C12H15ClFNO2. The third kappa shape index (κ3) is 3.17. The molecule has 0 amide bonds. The minimum atomic E-state index is -0.965. The largest absolute Gasteiger partial charge is 0.481 e. The average molecular weight is 260 g/mol. The number of aliphatic carboxylic acids is 1. The van der Waals surface area contributed by atoms with Crippen LogP contribution in [0.2, 0.25) is 5.02 Å². The van der Waals surface area contributed by atoms with Crippen molar-refractivity contribution in [3.8, 4) is 0 Å². The van der Waals surface area contributed by atoms with E-state index in [-0.39, 0.29) is 10.9 Å². The van der Waals surface area contributed by atoms with Crippen molar-refractivity contribution < 1.29 is 14.3 Å². The summed E-state index contributed by atoms with van der Waals surface area (Å²) in [5.41, 5.74) is 6.42. The second kappa shape index (κ2) is 5.47. The Kier molecular flexibility index (Phi) is 4.48. The van der Waals surface area contributed by atoms with E-state index in [0.717, 1.165) is 0 Å². The van der Waals surface area contributed by atoms with Crippen molar-refractivity contribution in [2.24, 2.45) is 17.6 Å². The zero-order valence-electron chi connectivity index (χ0n) is 9.65. The molecule has 1 rings (SSSR count). The molecule has 5 heteroatoms. The van der Waals surface area contributed by atoms with E-state index in [9.17, 15) is 9.18 Å². The molecule has 2 atom stereocenters. The summed E-state index contributed by atoms with van der Waals surface area (Å²) >= 11 is 5.64. The number of rotatable bonds is 4. The lowest BCUT2D eigenvalue weighted by atomic mass is 9.85. The molecule has 0 spiro atoms. The van der Waals surface area contributed by atoms with E-state index in [1.165, 1.54) is 18.2 Å². The lowest BCUT2D eigenvalue weighted by Gasteiger charge is -2.23. The van der Waals surface area contributed by atoms with Crippen LogP contribution >= 0.6 is 11.6 Å². The Hall–Kier alpha value is -1.13. The van der Waals surface area contributed by atoms with Crippen LogP contribution in [0.1, 0.15) is 25.5 Å². The molecule has 0 bridgehead atoms. The Morgan fingerprint density at radius 3 is 2.47 bits per heavy atom. The summed E-state index contributed by atoms with van der Waals surface area (Å²) in [5, 5.41) is 9.06. The maximum Gasteiger partial charge on any atom is 0.308 e. The topological polar surface area (TPSA) is 63.3 Å². The van der Waals surface area contributed by atoms with Crippen molar-refractivity contribution in [2.75, 3.05) is 0 Å². The number of carbonyl (C=O) groups is 1. The van der Waals surface area contributed by atoms with Gasteiger partial charge in [-0.25, -0.2) is 4.39 Å². The number of nitrogens with two attached hydrogens (primary N) is 1. The van der Waals surface area contributed by atoms with E-state index in [4.69, 9.17) is 22.4 Å². The fourth-order valence-electron chi connectivity index (χ4n) is 1.78. The zero-order chi connectivity index (χ0) is 13.2. The Morgan fingerprint density at radius 2 is 2.06 bits per heavy atom. The molecule has 1 aromatic carbocycles. The number of hydrogen-bond donors (Lipinski definition) is 2. The average Bonchev–Trinajstić information content (AvgIpc) is 2.20. The van der Waals surface area contributed by atoms with Gasteiger partial charge in [0, 0.05) is 6.04 Å². The van der Waals surface area contributed by atoms with Crippen molar-refractivity contribution in [1.82, 2.24) is 0 Å². The molecule has 94 valence electrons. The van der Waals surface area contributed by atoms with Crippen LogP contribution in [-0.4, -0.2) is 11.1 Å². The number of benzene rings is 1. The van der Waals surface area contributed by atoms with Crippen LogP contribution in [0, 0.1) is 17.7 Å². The van der Waals surface area contributed by atoms with Gasteiger partial charge >= 0.3 is 5.97 Å². The Bertz CT molecular complexity index is 423. The van der Waals surface area contributed by atoms with Crippen molar-refractivity contribution in [3.05, 3.63) is 34.6 Å². The van der Waals surface area contributed by atoms with E-state index in [0.29, 0.717) is 5.56 Å². The maximum absolute atomic E-state index is 13.0. The van der Waals surface area contributed by atoms with E-state index < -0.39 is 23.7 Å². The lowest BCUT2D eigenvalue weighted by Crippen LogP contribution is -2.32. The van der Waals surface area contributed by atoms with Gasteiger partial charge in [0.2, 0.25) is 0 Å². The highest BCUT2D eigenvalue weighted by atomic mass is 35.5. The highest BCUT2D eigenvalue weighted by molar-refractivity contribution is 6.30. The van der Waals surface area contributed by atoms with Crippen LogP contribution in [0.25, 0.3) is 0 Å². The number of carboxylic acids is 1. The van der Waals surface area contributed by atoms with Gasteiger partial charge in [0.1, 0.15) is 5.82 Å². The van der Waals surface area contributed by atoms with Gasteiger partial charge in [0.25, 0.3) is 0 Å². The minimum Gasteiger partial charge on any atom is -0.481 e. The molecule has 3 N–H and O–H groups in total. The van der Waals surface area contributed by atoms with Crippen LogP contribution in [0.5, 0.6) is 0 Å². The standard InChI is InChI=1S/C12H15ClFNO2/c1-6(2)10(12(16)17)11(15)7-3-4-9(14)8(13)5-7/h3-6,10-11H,15H2,1-2H3,(H,16,17). The molecule has 0 aliphatic heterocycles. The Morgan fingerprint density at radius 1 is 1.47 bits per heavy atom. The monoisotopic (exact) mass is 259 g/mol. The Labute approximate surface area is 104 Å². The SMILES string of the molecule is CC(C)C(C(=O)O)C(N)c1ccc(F)c(Cl)c1. The van der Waals surface area contributed by atoms with Gasteiger partial charge < -0.3 is 10.8 Å². The van der Waals surface area contributed by atoms with Crippen LogP contribution in [0.4, 0.5) is 4.39 Å². The summed E-state index contributed by atoms with van der Waals surface area (Å²) in [6.45, 7) is 3.56. The van der Waals surface area contributed by atoms with Gasteiger partial charge in [-0.1, -0.05) is 31.5 Å². The number of hydrogen-bond acceptors (Lipinski definition) is 2. The van der Waals surface area contributed by atoms with Crippen molar-refractivity contribution in [1.29, 1.82) is 0 Å². The predicted octanol–water partition coefficient (Wildman–Crippen LogP) is 2.84. The van der Waals surface area contributed by atoms with Crippen molar-refractivity contribution >= 4 is 17.6 Å². The second-order valence-electron chi connectivity index (χ2n) is 4.31. The first-order valence-electron chi connectivity index (χ1n) is 5.28. The first-order valence-corrected chi connectivity index (χ1v) is 5.65. The smallest absolute Gasteiger partial charge is 0.308 e. The molecule has 0 fully saturated rings. The quantitative estimate of drug-likeness (QED) is 0.874. The van der Waals surface area contributed by atoms with Gasteiger partial charge in [-0.05, 0) is 23.6 Å². The summed E-state index contributed by atoms with van der Waals surface area (Å²) in [6, 6.07) is 3.33. The molecule has 0 aliphatic carbocycles. The summed E-state index contributed by atoms with van der Waals surface area (Å²) < 4.78 is 13.0. The van der Waals surface area contributed by atoms with E-state index in [1.54, 1.807) is 13.8 Å². The second-order valence-corrected chi connectivity index (χ2v) is 4.71. The van der Waals surface area contributed by atoms with Crippen LogP contribution in [0.15, 0.2) is 18.2 Å². The van der Waals surface area contributed by atoms with Gasteiger partial charge in [-0.3, -0.25) is 4.79 Å². The van der Waals surface area contributed by atoms with E-state index in [1.807, 2.05) is 0 Å². The molecule has 0 radical (unpaired) electrons. The number of halogens is 2. The molecule has 1 aromatic rings. The first kappa shape index (κ1) is 13.9. The maximum atomic E-state index is 13.0. The third-order valence-electron chi connectivity index (χ3n) is 2.72. The molecule has 0 aromatic heterocycles. The molecule has 0 heterocycles. The minimum absolute atomic E-state index is 0.0501. The first-order chi connectivity index (χ1) is 7.84. The highest BCUT2D eigenvalue weighted by Crippen LogP contribution is 2.28. The molecule has 0 saturated heterocycles. The summed E-state index contributed by atoms with van der Waals surface area (Å²) in [5.74, 6) is -2.35. The molecule has 0 saturated carbocycles. The van der Waals surface area contributed by atoms with E-state index >= 15 is 0 Å². The fraction of sp³-hybridized carbons (Fsp3) is 0.417. The molecule has 2 unspecified atom stereocenters. The molecule has 17 heavy (non-hydrogen) atoms. The lowest BCUT2D eigenvalue weighted by molar-refractivity contribution is -0.144. The third-order valence-corrected chi connectivity index (χ3v) is 3.01. The van der Waals surface area contributed by atoms with Gasteiger partial charge in [0.05, 0.1) is 10.9 Å². The molecule has 0 aliphatic rings. The highest BCUT2D eigenvalue weighted by Gasteiger charge is 2.29. The van der Waals surface area contributed by atoms with Gasteiger partial charge in [-0.15, -0.1) is 0 Å². The van der Waals surface area contributed by atoms with Crippen LogP contribution in [0.3, 0.4) is 0 Å². The predicted molar refractivity (Wildman–Crippen MR) is 64.3 cm³/mol. The van der Waals surface area contributed by atoms with Crippen LogP contribution < -0.4 is 5.73 Å². The van der Waals surface area contributed by atoms with Crippen molar-refractivity contribution in [3.63, 3.8) is 0 Å². The number of carboxylic acid groups (broad SMARTS) is 1. The summed E-state index contributed by atoms with van der Waals surface area (Å²) in [6.07, 6.45) is 0. The normalized spacial score (nSPS) is 14.7. The summed E-state index contributed by atoms with van der Waals surface area (Å²) in [7, 11) is 0. The Balaban J connectivity index is 3.05. The van der Waals surface area contributed by atoms with Gasteiger partial charge in [0.15, 0.2) is 0 Å². The van der Waals surface area contributed by atoms with Gasteiger partial charge in [-0.2, -0.15) is 0 Å². The molecule has 3 nitrogen and oxygen atoms in total.